The predicted octanol–water partition coefficient (Wildman–Crippen LogP) is 17.6. The molecule has 4 aliphatic rings. The number of nitrogens with zero attached hydrogens (tertiary/aromatic N) is 3. The van der Waals surface area contributed by atoms with Gasteiger partial charge in [0, 0.05) is 45.1 Å². The van der Waals surface area contributed by atoms with Crippen LogP contribution in [-0.4, -0.2) is 6.71 Å². The van der Waals surface area contributed by atoms with Gasteiger partial charge in [0.15, 0.2) is 0 Å². The first-order valence-electron chi connectivity index (χ1n) is 27.6. The van der Waals surface area contributed by atoms with Gasteiger partial charge < -0.3 is 19.1 Å². The molecule has 9 aromatic rings. The molecule has 4 nitrogen and oxygen atoms in total. The molecule has 75 heavy (non-hydrogen) atoms. The van der Waals surface area contributed by atoms with Crippen LogP contribution in [-0.2, 0) is 27.1 Å². The SMILES string of the molecule is CC(C)(C)c1ccc(N2c3cc(N(c4ccccc4)c4ccccc4)cc4c3B(c3ccc5c(c3N4c3ccc4c(c3)C(C)(C)CCC4(C)C)C(C)(C)CCC5(C)C)c3oc4ccccc4c32)c(-c2ccccc2)c1. The Morgan fingerprint density at radius 1 is 0.480 bits per heavy atom. The van der Waals surface area contributed by atoms with Crippen LogP contribution in [0.15, 0.2) is 180 Å². The van der Waals surface area contributed by atoms with Gasteiger partial charge in [-0.1, -0.05) is 179 Å². The first kappa shape index (κ1) is 47.5. The number of para-hydroxylation sites is 3. The van der Waals surface area contributed by atoms with Gasteiger partial charge in [0.05, 0.1) is 22.7 Å². The van der Waals surface area contributed by atoms with Crippen molar-refractivity contribution in [1.29, 1.82) is 0 Å². The third-order valence-corrected chi connectivity index (χ3v) is 18.1. The van der Waals surface area contributed by atoms with Crippen molar-refractivity contribution >= 4 is 85.5 Å². The first-order chi connectivity index (χ1) is 35.8. The number of fused-ring (bicyclic) bond motifs is 9. The number of hydrogen-bond acceptors (Lipinski definition) is 4. The molecule has 3 heterocycles. The lowest BCUT2D eigenvalue weighted by Crippen LogP contribution is -2.61. The van der Waals surface area contributed by atoms with Gasteiger partial charge in [-0.15, -0.1) is 0 Å². The summed E-state index contributed by atoms with van der Waals surface area (Å²) in [6.45, 7) is 26.5. The van der Waals surface area contributed by atoms with Crippen LogP contribution >= 0.6 is 0 Å². The summed E-state index contributed by atoms with van der Waals surface area (Å²) < 4.78 is 7.52. The Kier molecular flexibility index (Phi) is 10.5. The molecule has 0 saturated heterocycles. The Morgan fingerprint density at radius 3 is 1.69 bits per heavy atom. The molecule has 0 saturated carbocycles. The Hall–Kier alpha value is -7.24. The highest BCUT2D eigenvalue weighted by atomic mass is 16.3. The van der Waals surface area contributed by atoms with E-state index < -0.39 is 0 Å². The molecule has 13 rings (SSSR count). The maximum Gasteiger partial charge on any atom is 0.297 e. The largest absolute Gasteiger partial charge is 0.468 e. The van der Waals surface area contributed by atoms with Gasteiger partial charge in [-0.25, -0.2) is 0 Å². The molecule has 1 aromatic heterocycles. The van der Waals surface area contributed by atoms with Crippen molar-refractivity contribution in [3.63, 3.8) is 0 Å². The minimum atomic E-state index is -0.205. The van der Waals surface area contributed by atoms with Gasteiger partial charge in [-0.2, -0.15) is 0 Å². The molecule has 0 spiro atoms. The van der Waals surface area contributed by atoms with Gasteiger partial charge in [0.25, 0.3) is 6.71 Å². The van der Waals surface area contributed by atoms with Crippen LogP contribution in [0.25, 0.3) is 22.1 Å². The zero-order valence-electron chi connectivity index (χ0n) is 45.9. The molecule has 0 amide bonds. The molecule has 5 heteroatoms. The van der Waals surface area contributed by atoms with Gasteiger partial charge >= 0.3 is 0 Å². The lowest BCUT2D eigenvalue weighted by atomic mass is 9.35. The van der Waals surface area contributed by atoms with E-state index in [1.54, 1.807) is 0 Å². The van der Waals surface area contributed by atoms with E-state index in [1.807, 2.05) is 0 Å². The highest BCUT2D eigenvalue weighted by Gasteiger charge is 2.51. The van der Waals surface area contributed by atoms with Gasteiger partial charge in [-0.05, 0) is 170 Å². The van der Waals surface area contributed by atoms with Crippen molar-refractivity contribution in [2.75, 3.05) is 14.7 Å². The average molecular weight is 980 g/mol. The van der Waals surface area contributed by atoms with E-state index in [9.17, 15) is 0 Å². The number of benzene rings is 8. The molecule has 2 aliphatic carbocycles. The highest BCUT2D eigenvalue weighted by molar-refractivity contribution is 7.00. The number of furan rings is 1. The molecule has 8 aromatic carbocycles. The lowest BCUT2D eigenvalue weighted by molar-refractivity contribution is 0.331. The van der Waals surface area contributed by atoms with Crippen LogP contribution in [0.3, 0.4) is 0 Å². The summed E-state index contributed by atoms with van der Waals surface area (Å²) in [6.07, 6.45) is 4.53. The lowest BCUT2D eigenvalue weighted by Gasteiger charge is -2.49. The van der Waals surface area contributed by atoms with Crippen LogP contribution in [0.4, 0.5) is 51.2 Å². The minimum Gasteiger partial charge on any atom is -0.468 e. The van der Waals surface area contributed by atoms with E-state index in [-0.39, 0.29) is 33.8 Å². The van der Waals surface area contributed by atoms with Crippen LogP contribution in [0, 0.1) is 0 Å². The Bertz CT molecular complexity index is 3690. The van der Waals surface area contributed by atoms with Crippen LogP contribution in [0.1, 0.15) is 130 Å². The summed E-state index contributed by atoms with van der Waals surface area (Å²) in [5.74, 6) is 0. The average Bonchev–Trinajstić information content (AvgIpc) is 3.83. The molecule has 0 fully saturated rings. The summed E-state index contributed by atoms with van der Waals surface area (Å²) in [5.41, 5.74) is 24.2. The smallest absolute Gasteiger partial charge is 0.297 e. The van der Waals surface area contributed by atoms with Gasteiger partial charge in [0.2, 0.25) is 0 Å². The monoisotopic (exact) mass is 980 g/mol. The van der Waals surface area contributed by atoms with Crippen molar-refractivity contribution in [1.82, 2.24) is 0 Å². The van der Waals surface area contributed by atoms with E-state index in [0.29, 0.717) is 0 Å². The molecule has 0 N–H and O–H groups in total. The quantitative estimate of drug-likeness (QED) is 0.155. The zero-order valence-corrected chi connectivity index (χ0v) is 45.9. The maximum atomic E-state index is 7.52. The predicted molar refractivity (Wildman–Crippen MR) is 320 cm³/mol. The zero-order chi connectivity index (χ0) is 52.0. The number of anilines is 9. The normalized spacial score (nSPS) is 17.4. The molecule has 374 valence electrons. The Labute approximate surface area is 446 Å². The molecule has 0 radical (unpaired) electrons. The van der Waals surface area contributed by atoms with Crippen molar-refractivity contribution in [2.45, 2.75) is 129 Å². The first-order valence-corrected chi connectivity index (χ1v) is 27.6. The molecule has 2 aliphatic heterocycles. The van der Waals surface area contributed by atoms with Crippen LogP contribution < -0.4 is 31.3 Å². The Morgan fingerprint density at radius 2 is 1.04 bits per heavy atom. The fraction of sp³-hybridized carbons (Fsp3) is 0.286. The molecule has 0 atom stereocenters. The fourth-order valence-corrected chi connectivity index (χ4v) is 13.6. The van der Waals surface area contributed by atoms with Crippen LogP contribution in [0.2, 0.25) is 0 Å². The van der Waals surface area contributed by atoms with Crippen molar-refractivity contribution in [3.05, 3.63) is 204 Å². The third-order valence-electron chi connectivity index (χ3n) is 18.1. The summed E-state index contributed by atoms with van der Waals surface area (Å²) in [4.78, 5) is 7.79. The number of hydrogen-bond donors (Lipinski definition) is 0. The summed E-state index contributed by atoms with van der Waals surface area (Å²) >= 11 is 0. The van der Waals surface area contributed by atoms with E-state index in [0.717, 1.165) is 70.0 Å². The van der Waals surface area contributed by atoms with Crippen molar-refractivity contribution < 1.29 is 4.42 Å². The second-order valence-electron chi connectivity index (χ2n) is 25.9. The minimum absolute atomic E-state index is 0.00508. The standard InChI is InChI=1S/C70H70BN3O/c1-66(2,3)46-31-36-57(52(41-46)45-23-15-12-16-24-45)74-59-44-50(72(47-25-17-13-18-26-47)48-27-19-14-20-28-48)43-58-62(59)71(65-63(74)51-29-21-22-30-60(51)75-65)56-35-34-54-61(70(10,11)40-39-68(54,6)7)64(56)73(58)49-32-33-53-55(42-49)69(8,9)38-37-67(53,4)5/h12-36,41-44H,37-40H2,1-11H3. The van der Waals surface area contributed by atoms with Gasteiger partial charge in [0.1, 0.15) is 5.58 Å². The van der Waals surface area contributed by atoms with E-state index in [4.69, 9.17) is 4.42 Å². The van der Waals surface area contributed by atoms with E-state index in [2.05, 4.69) is 267 Å². The van der Waals surface area contributed by atoms with E-state index >= 15 is 0 Å². The van der Waals surface area contributed by atoms with Crippen molar-refractivity contribution in [3.8, 4) is 11.1 Å². The second kappa shape index (κ2) is 16.6. The number of rotatable bonds is 6. The summed E-state index contributed by atoms with van der Waals surface area (Å²) in [6, 6.07) is 66.4. The molecular weight excluding hydrogens is 910 g/mol. The molecule has 0 unspecified atom stereocenters. The van der Waals surface area contributed by atoms with E-state index in [1.165, 1.54) is 73.4 Å². The van der Waals surface area contributed by atoms with Crippen LogP contribution in [0.5, 0.6) is 0 Å². The Balaban J connectivity index is 1.22. The van der Waals surface area contributed by atoms with Gasteiger partial charge in [-0.3, -0.25) is 0 Å². The topological polar surface area (TPSA) is 22.9 Å². The summed E-state index contributed by atoms with van der Waals surface area (Å²) in [5, 5.41) is 1.11. The highest BCUT2D eigenvalue weighted by Crippen LogP contribution is 2.57. The fourth-order valence-electron chi connectivity index (χ4n) is 13.6. The maximum absolute atomic E-state index is 7.52. The van der Waals surface area contributed by atoms with Crippen molar-refractivity contribution in [2.24, 2.45) is 0 Å². The third kappa shape index (κ3) is 7.38. The summed E-state index contributed by atoms with van der Waals surface area (Å²) in [7, 11) is 0. The molecular formula is C70H70BN3O. The molecule has 0 bridgehead atoms. The second-order valence-corrected chi connectivity index (χ2v) is 25.9.